The van der Waals surface area contributed by atoms with Gasteiger partial charge in [-0.15, -0.1) is 0 Å². The predicted octanol–water partition coefficient (Wildman–Crippen LogP) is 0.683. The average Bonchev–Trinajstić information content (AvgIpc) is 2.10. The van der Waals surface area contributed by atoms with Crippen LogP contribution in [0, 0.1) is 0 Å². The number of esters is 1. The molecule has 0 rings (SSSR count). The van der Waals surface area contributed by atoms with E-state index in [0.29, 0.717) is 0 Å². The van der Waals surface area contributed by atoms with Crippen molar-refractivity contribution >= 4 is 11.8 Å². The Morgan fingerprint density at radius 2 is 1.75 bits per heavy atom. The van der Waals surface area contributed by atoms with E-state index in [2.05, 4.69) is 0 Å². The Bertz CT molecular complexity index is 252. The second-order valence-electron chi connectivity index (χ2n) is 4.42. The smallest absolute Gasteiger partial charge is 0.335 e. The Morgan fingerprint density at radius 3 is 2.12 bits per heavy atom. The summed E-state index contributed by atoms with van der Waals surface area (Å²) in [4.78, 5) is 22.6. The maximum Gasteiger partial charge on any atom is 0.335 e. The van der Waals surface area contributed by atoms with Gasteiger partial charge in [0.2, 0.25) is 5.78 Å². The van der Waals surface area contributed by atoms with Gasteiger partial charge in [-0.3, -0.25) is 4.79 Å². The Balaban J connectivity index is 4.03. The van der Waals surface area contributed by atoms with E-state index in [1.165, 1.54) is 13.8 Å². The van der Waals surface area contributed by atoms with Crippen molar-refractivity contribution in [1.82, 2.24) is 0 Å². The van der Waals surface area contributed by atoms with Crippen LogP contribution in [0.2, 0.25) is 0 Å². The fourth-order valence-corrected chi connectivity index (χ4v) is 0.894. The topological polar surface area (TPSA) is 72.8 Å². The molecular weight excluding hydrogens is 212 g/mol. The third-order valence-corrected chi connectivity index (χ3v) is 1.84. The highest BCUT2D eigenvalue weighted by atomic mass is 16.6. The van der Waals surface area contributed by atoms with Crippen molar-refractivity contribution in [2.75, 3.05) is 6.61 Å². The predicted molar refractivity (Wildman–Crippen MR) is 57.9 cm³/mol. The van der Waals surface area contributed by atoms with E-state index < -0.39 is 30.1 Å². The lowest BCUT2D eigenvalue weighted by atomic mass is 10.1. The molecule has 0 radical (unpaired) electrons. The van der Waals surface area contributed by atoms with Gasteiger partial charge in [0.15, 0.2) is 12.7 Å². The minimum atomic E-state index is -1.48. The molecule has 1 atom stereocenters. The lowest BCUT2D eigenvalue weighted by Crippen LogP contribution is -2.36. The third kappa shape index (κ3) is 5.82. The van der Waals surface area contributed by atoms with Crippen molar-refractivity contribution in [2.24, 2.45) is 0 Å². The number of carbonyl (C=O) groups excluding carboxylic acids is 2. The van der Waals surface area contributed by atoms with E-state index in [0.717, 1.165) is 0 Å². The number of aliphatic hydroxyl groups is 1. The molecule has 0 heterocycles. The van der Waals surface area contributed by atoms with Gasteiger partial charge in [-0.1, -0.05) is 0 Å². The van der Waals surface area contributed by atoms with Crippen LogP contribution in [0.15, 0.2) is 0 Å². The van der Waals surface area contributed by atoms with E-state index in [-0.39, 0.29) is 6.10 Å². The number of Topliss-reactive ketones (excluding diaryl/α,β-unsaturated/α-hetero) is 1. The number of hydrogen-bond acceptors (Lipinski definition) is 5. The van der Waals surface area contributed by atoms with Crippen LogP contribution in [0.1, 0.15) is 34.6 Å². The summed E-state index contributed by atoms with van der Waals surface area (Å²) in [5.41, 5.74) is -1.48. The summed E-state index contributed by atoms with van der Waals surface area (Å²) in [7, 11) is 0. The number of carbonyl (C=O) groups is 2. The van der Waals surface area contributed by atoms with E-state index >= 15 is 0 Å². The number of ether oxygens (including phenoxy) is 2. The number of hydrogen-bond donors (Lipinski definition) is 1. The normalized spacial score (nSPS) is 13.7. The first kappa shape index (κ1) is 15.1. The Labute approximate surface area is 95.7 Å². The molecule has 0 aromatic rings. The quantitative estimate of drug-likeness (QED) is 0.682. The van der Waals surface area contributed by atoms with Crippen molar-refractivity contribution in [1.29, 1.82) is 0 Å². The summed E-state index contributed by atoms with van der Waals surface area (Å²) in [6.07, 6.45) is -0.804. The molecule has 0 saturated heterocycles. The molecule has 0 bridgehead atoms. The van der Waals surface area contributed by atoms with Crippen LogP contribution in [0.3, 0.4) is 0 Å². The fraction of sp³-hybridized carbons (Fsp3) is 0.818. The fourth-order valence-electron chi connectivity index (χ4n) is 0.894. The Morgan fingerprint density at radius 1 is 1.25 bits per heavy atom. The minimum Gasteiger partial charge on any atom is -0.456 e. The zero-order valence-corrected chi connectivity index (χ0v) is 10.4. The van der Waals surface area contributed by atoms with Gasteiger partial charge in [-0.2, -0.15) is 0 Å². The average molecular weight is 232 g/mol. The van der Waals surface area contributed by atoms with E-state index in [4.69, 9.17) is 9.47 Å². The maximum atomic E-state index is 11.3. The summed E-state index contributed by atoms with van der Waals surface area (Å²) >= 11 is 0. The van der Waals surface area contributed by atoms with Gasteiger partial charge >= 0.3 is 5.97 Å². The maximum absolute atomic E-state index is 11.3. The summed E-state index contributed by atoms with van der Waals surface area (Å²) in [6, 6.07) is 0. The largest absolute Gasteiger partial charge is 0.456 e. The molecule has 1 unspecified atom stereocenters. The highest BCUT2D eigenvalue weighted by Gasteiger charge is 2.26. The highest BCUT2D eigenvalue weighted by Crippen LogP contribution is 2.04. The van der Waals surface area contributed by atoms with Crippen LogP contribution >= 0.6 is 0 Å². The second-order valence-corrected chi connectivity index (χ2v) is 4.42. The first-order valence-corrected chi connectivity index (χ1v) is 5.22. The second kappa shape index (κ2) is 5.96. The van der Waals surface area contributed by atoms with Gasteiger partial charge in [0.1, 0.15) is 5.60 Å². The van der Waals surface area contributed by atoms with E-state index in [1.54, 1.807) is 20.8 Å². The summed E-state index contributed by atoms with van der Waals surface area (Å²) in [5, 5.41) is 9.31. The van der Waals surface area contributed by atoms with Crippen LogP contribution in [-0.2, 0) is 19.1 Å². The molecule has 0 spiro atoms. The Kier molecular flexibility index (Phi) is 5.61. The molecule has 0 aliphatic rings. The molecule has 5 heteroatoms. The molecule has 0 saturated carbocycles. The SMILES string of the molecule is CC(C)OC(C)C(=O)OCC(=O)C(C)(C)O. The van der Waals surface area contributed by atoms with Crippen LogP contribution in [0.25, 0.3) is 0 Å². The lowest BCUT2D eigenvalue weighted by Gasteiger charge is -2.18. The molecule has 0 amide bonds. The Hall–Kier alpha value is -0.940. The first-order valence-electron chi connectivity index (χ1n) is 5.22. The van der Waals surface area contributed by atoms with E-state index in [1.807, 2.05) is 0 Å². The van der Waals surface area contributed by atoms with Gasteiger partial charge in [-0.05, 0) is 34.6 Å². The van der Waals surface area contributed by atoms with Crippen LogP contribution in [-0.4, -0.2) is 41.3 Å². The molecular formula is C11H20O5. The molecule has 5 nitrogen and oxygen atoms in total. The standard InChI is InChI=1S/C11H20O5/c1-7(2)16-8(3)10(13)15-6-9(12)11(4,5)14/h7-8,14H,6H2,1-5H3. The highest BCUT2D eigenvalue weighted by molar-refractivity contribution is 5.89. The van der Waals surface area contributed by atoms with Gasteiger partial charge < -0.3 is 14.6 Å². The minimum absolute atomic E-state index is 0.0902. The molecule has 94 valence electrons. The van der Waals surface area contributed by atoms with Crippen LogP contribution in [0.5, 0.6) is 0 Å². The summed E-state index contributed by atoms with van der Waals surface area (Å²) < 4.78 is 9.90. The third-order valence-electron chi connectivity index (χ3n) is 1.84. The zero-order chi connectivity index (χ0) is 12.9. The van der Waals surface area contributed by atoms with Crippen LogP contribution < -0.4 is 0 Å². The number of rotatable bonds is 6. The zero-order valence-electron chi connectivity index (χ0n) is 10.4. The van der Waals surface area contributed by atoms with Crippen LogP contribution in [0.4, 0.5) is 0 Å². The van der Waals surface area contributed by atoms with E-state index in [9.17, 15) is 14.7 Å². The monoisotopic (exact) mass is 232 g/mol. The summed E-state index contributed by atoms with van der Waals surface area (Å²) in [6.45, 7) is 7.40. The molecule has 0 fully saturated rings. The molecule has 0 aliphatic carbocycles. The molecule has 0 aromatic carbocycles. The molecule has 0 aromatic heterocycles. The molecule has 0 aliphatic heterocycles. The lowest BCUT2D eigenvalue weighted by molar-refractivity contribution is -0.163. The van der Waals surface area contributed by atoms with Gasteiger partial charge in [0, 0.05) is 0 Å². The van der Waals surface area contributed by atoms with Crippen molar-refractivity contribution in [3.63, 3.8) is 0 Å². The van der Waals surface area contributed by atoms with Crippen molar-refractivity contribution in [3.8, 4) is 0 Å². The van der Waals surface area contributed by atoms with Crippen molar-refractivity contribution in [3.05, 3.63) is 0 Å². The van der Waals surface area contributed by atoms with Gasteiger partial charge in [0.05, 0.1) is 6.10 Å². The molecule has 1 N–H and O–H groups in total. The van der Waals surface area contributed by atoms with Crippen molar-refractivity contribution in [2.45, 2.75) is 52.4 Å². The first-order chi connectivity index (χ1) is 7.14. The summed E-state index contributed by atoms with van der Waals surface area (Å²) in [5.74, 6) is -1.15. The molecule has 16 heavy (non-hydrogen) atoms. The van der Waals surface area contributed by atoms with Crippen molar-refractivity contribution < 1.29 is 24.2 Å². The van der Waals surface area contributed by atoms with Gasteiger partial charge in [0.25, 0.3) is 0 Å². The number of ketones is 1. The van der Waals surface area contributed by atoms with Gasteiger partial charge in [-0.25, -0.2) is 4.79 Å².